The monoisotopic (exact) mass is 348 g/mol. The molecule has 1 aliphatic heterocycles. The minimum Gasteiger partial charge on any atom is -0.496 e. The highest BCUT2D eigenvalue weighted by molar-refractivity contribution is 7.89. The van der Waals surface area contributed by atoms with E-state index in [1.807, 2.05) is 13.8 Å². The predicted octanol–water partition coefficient (Wildman–Crippen LogP) is 2.01. The summed E-state index contributed by atoms with van der Waals surface area (Å²) >= 11 is 0. The number of ether oxygens (including phenoxy) is 1. The standard InChI is InChI=1S/C15H24N2O3S.ClH/c1-10-7-13(8-11(2)15(10)20-4)21(18,19)17-14-5-6-16-9-12(14)3;/h7-8,12,14,16-17H,5-6,9H2,1-4H3;1H. The number of hydrogen-bond acceptors (Lipinski definition) is 4. The van der Waals surface area contributed by atoms with Crippen LogP contribution in [-0.2, 0) is 10.0 Å². The Balaban J connectivity index is 0.00000242. The van der Waals surface area contributed by atoms with Crippen LogP contribution in [0.2, 0.25) is 0 Å². The van der Waals surface area contributed by atoms with Gasteiger partial charge in [0.1, 0.15) is 5.75 Å². The molecule has 1 saturated heterocycles. The summed E-state index contributed by atoms with van der Waals surface area (Å²) < 4.78 is 33.3. The fraction of sp³-hybridized carbons (Fsp3) is 0.600. The number of rotatable bonds is 4. The first kappa shape index (κ1) is 19.2. The van der Waals surface area contributed by atoms with E-state index in [9.17, 15) is 8.42 Å². The number of halogens is 1. The number of hydrogen-bond donors (Lipinski definition) is 2. The second-order valence-electron chi connectivity index (χ2n) is 5.79. The fourth-order valence-corrected chi connectivity index (χ4v) is 4.39. The van der Waals surface area contributed by atoms with Crippen LogP contribution in [-0.4, -0.2) is 34.7 Å². The Morgan fingerprint density at radius 2 is 1.86 bits per heavy atom. The highest BCUT2D eigenvalue weighted by atomic mass is 35.5. The molecule has 1 fully saturated rings. The second-order valence-corrected chi connectivity index (χ2v) is 7.50. The molecule has 22 heavy (non-hydrogen) atoms. The van der Waals surface area contributed by atoms with Gasteiger partial charge in [0.05, 0.1) is 12.0 Å². The highest BCUT2D eigenvalue weighted by Gasteiger charge is 2.27. The van der Waals surface area contributed by atoms with Crippen LogP contribution in [0.1, 0.15) is 24.5 Å². The number of benzene rings is 1. The van der Waals surface area contributed by atoms with E-state index >= 15 is 0 Å². The van der Waals surface area contributed by atoms with Crippen molar-refractivity contribution >= 4 is 22.4 Å². The number of piperidine rings is 1. The Labute approximate surface area is 139 Å². The zero-order valence-electron chi connectivity index (χ0n) is 13.5. The van der Waals surface area contributed by atoms with Crippen molar-refractivity contribution in [2.24, 2.45) is 5.92 Å². The van der Waals surface area contributed by atoms with Crippen molar-refractivity contribution in [3.63, 3.8) is 0 Å². The molecule has 2 atom stereocenters. The maximum atomic E-state index is 12.6. The van der Waals surface area contributed by atoms with Crippen LogP contribution in [0.5, 0.6) is 5.75 Å². The summed E-state index contributed by atoms with van der Waals surface area (Å²) in [7, 11) is -1.90. The molecule has 2 rings (SSSR count). The lowest BCUT2D eigenvalue weighted by atomic mass is 9.97. The van der Waals surface area contributed by atoms with Crippen LogP contribution < -0.4 is 14.8 Å². The van der Waals surface area contributed by atoms with Crippen molar-refractivity contribution in [3.05, 3.63) is 23.3 Å². The molecule has 126 valence electrons. The minimum atomic E-state index is -3.50. The van der Waals surface area contributed by atoms with Gasteiger partial charge in [-0.1, -0.05) is 6.92 Å². The Hall–Kier alpha value is -0.820. The smallest absolute Gasteiger partial charge is 0.240 e. The number of methoxy groups -OCH3 is 1. The van der Waals surface area contributed by atoms with E-state index in [2.05, 4.69) is 17.0 Å². The Kier molecular flexibility index (Phi) is 6.67. The van der Waals surface area contributed by atoms with Crippen molar-refractivity contribution in [1.82, 2.24) is 10.0 Å². The molecule has 0 amide bonds. The summed E-state index contributed by atoms with van der Waals surface area (Å²) in [6, 6.07) is 3.32. The van der Waals surface area contributed by atoms with Gasteiger partial charge in [0.2, 0.25) is 10.0 Å². The lowest BCUT2D eigenvalue weighted by Crippen LogP contribution is -2.48. The van der Waals surface area contributed by atoms with Gasteiger partial charge >= 0.3 is 0 Å². The molecular formula is C15H25ClN2O3S. The van der Waals surface area contributed by atoms with E-state index in [0.29, 0.717) is 4.90 Å². The molecule has 7 heteroatoms. The first-order chi connectivity index (χ1) is 9.85. The van der Waals surface area contributed by atoms with Gasteiger partial charge < -0.3 is 10.1 Å². The van der Waals surface area contributed by atoms with Crippen molar-refractivity contribution in [1.29, 1.82) is 0 Å². The zero-order valence-corrected chi connectivity index (χ0v) is 15.1. The molecule has 0 spiro atoms. The predicted molar refractivity (Wildman–Crippen MR) is 90.5 cm³/mol. The van der Waals surface area contributed by atoms with Gasteiger partial charge in [0.15, 0.2) is 0 Å². The SMILES string of the molecule is COc1c(C)cc(S(=O)(=O)NC2CCNCC2C)cc1C.Cl. The normalized spacial score (nSPS) is 22.0. The number of sulfonamides is 1. The summed E-state index contributed by atoms with van der Waals surface area (Å²) in [6.45, 7) is 7.46. The first-order valence-electron chi connectivity index (χ1n) is 7.23. The average Bonchev–Trinajstić information content (AvgIpc) is 2.41. The minimum absolute atomic E-state index is 0. The largest absolute Gasteiger partial charge is 0.496 e. The van der Waals surface area contributed by atoms with Crippen LogP contribution in [0.15, 0.2) is 17.0 Å². The van der Waals surface area contributed by atoms with Crippen molar-refractivity contribution < 1.29 is 13.2 Å². The molecule has 0 saturated carbocycles. The summed E-state index contributed by atoms with van der Waals surface area (Å²) in [5.74, 6) is 1.03. The molecule has 0 radical (unpaired) electrons. The summed E-state index contributed by atoms with van der Waals surface area (Å²) in [4.78, 5) is 0.309. The van der Waals surface area contributed by atoms with Crippen LogP contribution in [0, 0.1) is 19.8 Å². The van der Waals surface area contributed by atoms with E-state index in [-0.39, 0.29) is 24.4 Å². The maximum Gasteiger partial charge on any atom is 0.240 e. The molecule has 1 aromatic carbocycles. The molecule has 1 aliphatic rings. The molecule has 2 unspecified atom stereocenters. The molecular weight excluding hydrogens is 324 g/mol. The van der Waals surface area contributed by atoms with E-state index in [1.165, 1.54) is 0 Å². The van der Waals surface area contributed by atoms with Crippen molar-refractivity contribution in [2.45, 2.75) is 38.1 Å². The van der Waals surface area contributed by atoms with Gasteiger partial charge in [-0.2, -0.15) is 0 Å². The Morgan fingerprint density at radius 3 is 2.36 bits per heavy atom. The molecule has 1 heterocycles. The number of aryl methyl sites for hydroxylation is 2. The van der Waals surface area contributed by atoms with Crippen molar-refractivity contribution in [3.8, 4) is 5.75 Å². The van der Waals surface area contributed by atoms with Crippen LogP contribution in [0.3, 0.4) is 0 Å². The molecule has 0 bridgehead atoms. The third kappa shape index (κ3) is 4.13. The quantitative estimate of drug-likeness (QED) is 0.873. The van der Waals surface area contributed by atoms with Gasteiger partial charge in [-0.3, -0.25) is 0 Å². The lowest BCUT2D eigenvalue weighted by Gasteiger charge is -2.30. The summed E-state index contributed by atoms with van der Waals surface area (Å²) in [5, 5.41) is 3.27. The molecule has 1 aromatic rings. The Morgan fingerprint density at radius 1 is 1.27 bits per heavy atom. The summed E-state index contributed by atoms with van der Waals surface area (Å²) in [5.41, 5.74) is 1.66. The molecule has 0 aliphatic carbocycles. The topological polar surface area (TPSA) is 67.4 Å². The van der Waals surface area contributed by atoms with Crippen LogP contribution in [0.25, 0.3) is 0 Å². The van der Waals surface area contributed by atoms with E-state index < -0.39 is 10.0 Å². The summed E-state index contributed by atoms with van der Waals surface area (Å²) in [6.07, 6.45) is 0.814. The highest BCUT2D eigenvalue weighted by Crippen LogP contribution is 2.27. The van der Waals surface area contributed by atoms with Crippen molar-refractivity contribution in [2.75, 3.05) is 20.2 Å². The zero-order chi connectivity index (χ0) is 15.6. The van der Waals surface area contributed by atoms with Gasteiger partial charge in [-0.25, -0.2) is 13.1 Å². The number of nitrogens with one attached hydrogen (secondary N) is 2. The van der Waals surface area contributed by atoms with Gasteiger partial charge in [0, 0.05) is 6.04 Å². The molecule has 5 nitrogen and oxygen atoms in total. The molecule has 0 aromatic heterocycles. The van der Waals surface area contributed by atoms with E-state index in [4.69, 9.17) is 4.74 Å². The van der Waals surface area contributed by atoms with E-state index in [0.717, 1.165) is 36.4 Å². The maximum absolute atomic E-state index is 12.6. The van der Waals surface area contributed by atoms with Gasteiger partial charge in [0.25, 0.3) is 0 Å². The third-order valence-electron chi connectivity index (χ3n) is 4.04. The molecule has 2 N–H and O–H groups in total. The second kappa shape index (κ2) is 7.64. The van der Waals surface area contributed by atoms with Crippen LogP contribution >= 0.6 is 12.4 Å². The third-order valence-corrected chi connectivity index (χ3v) is 5.51. The van der Waals surface area contributed by atoms with Crippen LogP contribution in [0.4, 0.5) is 0 Å². The van der Waals surface area contributed by atoms with E-state index in [1.54, 1.807) is 19.2 Å². The van der Waals surface area contributed by atoms with Gasteiger partial charge in [-0.15, -0.1) is 12.4 Å². The van der Waals surface area contributed by atoms with Gasteiger partial charge in [-0.05, 0) is 62.5 Å². The Bertz CT molecular complexity index is 596. The lowest BCUT2D eigenvalue weighted by molar-refractivity contribution is 0.328. The average molecular weight is 349 g/mol. The first-order valence-corrected chi connectivity index (χ1v) is 8.71. The fourth-order valence-electron chi connectivity index (χ4n) is 2.84.